The zero-order valence-electron chi connectivity index (χ0n) is 8.86. The monoisotopic (exact) mass is 284 g/mol. The first kappa shape index (κ1) is 13.9. The van der Waals surface area contributed by atoms with Crippen LogP contribution in [0.1, 0.15) is 6.42 Å². The van der Waals surface area contributed by atoms with E-state index in [0.717, 1.165) is 9.57 Å². The van der Waals surface area contributed by atoms with Crippen molar-refractivity contribution in [3.63, 3.8) is 0 Å². The van der Waals surface area contributed by atoms with E-state index in [1.165, 1.54) is 18.8 Å². The molecular weight excluding hydrogens is 271 g/mol. The fourth-order valence-electron chi connectivity index (χ4n) is 1.48. The van der Waals surface area contributed by atoms with Gasteiger partial charge in [0.15, 0.2) is 0 Å². The van der Waals surface area contributed by atoms with E-state index in [4.69, 9.17) is 0 Å². The summed E-state index contributed by atoms with van der Waals surface area (Å²) < 4.78 is 0.737. The van der Waals surface area contributed by atoms with Crippen LogP contribution < -0.4 is 0 Å². The van der Waals surface area contributed by atoms with Crippen LogP contribution in [0.3, 0.4) is 0 Å². The Bertz CT molecular complexity index is 358. The van der Waals surface area contributed by atoms with Crippen molar-refractivity contribution in [2.45, 2.75) is 12.5 Å². The maximum absolute atomic E-state index is 11.7. The normalized spacial score (nSPS) is 22.1. The zero-order valence-corrected chi connectivity index (χ0v) is 11.4. The van der Waals surface area contributed by atoms with Gasteiger partial charge in [0.1, 0.15) is 6.04 Å². The Morgan fingerprint density at radius 3 is 2.50 bits per heavy atom. The number of imide groups is 1. The number of carbonyl (C=O) groups is 2. The van der Waals surface area contributed by atoms with Crippen molar-refractivity contribution in [1.82, 2.24) is 9.57 Å². The van der Waals surface area contributed by atoms with E-state index in [1.54, 1.807) is 0 Å². The highest BCUT2D eigenvalue weighted by Crippen LogP contribution is 2.46. The highest BCUT2D eigenvalue weighted by Gasteiger charge is 2.48. The van der Waals surface area contributed by atoms with Gasteiger partial charge in [0.05, 0.1) is 0 Å². The second-order valence-electron chi connectivity index (χ2n) is 3.33. The van der Waals surface area contributed by atoms with Gasteiger partial charge in [-0.05, 0) is 30.2 Å². The molecule has 6 nitrogen and oxygen atoms in total. The predicted octanol–water partition coefficient (Wildman–Crippen LogP) is 0.211. The van der Waals surface area contributed by atoms with Crippen LogP contribution in [-0.4, -0.2) is 56.4 Å². The SMILES string of the molecule is CSCCC1C(=O)N(C)C(=O)N1P(O)(O)=S. The Hall–Kier alpha value is -0.140. The van der Waals surface area contributed by atoms with Gasteiger partial charge >= 0.3 is 6.03 Å². The lowest BCUT2D eigenvalue weighted by Crippen LogP contribution is -2.32. The molecule has 1 aliphatic heterocycles. The van der Waals surface area contributed by atoms with E-state index in [2.05, 4.69) is 11.8 Å². The predicted molar refractivity (Wildman–Crippen MR) is 65.5 cm³/mol. The number of thioether (sulfide) groups is 1. The van der Waals surface area contributed by atoms with Crippen LogP contribution in [0.4, 0.5) is 4.79 Å². The maximum Gasteiger partial charge on any atom is 0.334 e. The minimum Gasteiger partial charge on any atom is -0.329 e. The largest absolute Gasteiger partial charge is 0.334 e. The molecule has 0 radical (unpaired) electrons. The van der Waals surface area contributed by atoms with Crippen molar-refractivity contribution >= 4 is 42.1 Å². The van der Waals surface area contributed by atoms with E-state index < -0.39 is 24.6 Å². The van der Waals surface area contributed by atoms with Crippen LogP contribution in [0.5, 0.6) is 0 Å². The first-order valence-electron chi connectivity index (χ1n) is 4.46. The fourth-order valence-corrected chi connectivity index (χ4v) is 3.42. The van der Waals surface area contributed by atoms with Crippen LogP contribution in [0.15, 0.2) is 0 Å². The summed E-state index contributed by atoms with van der Waals surface area (Å²) in [4.78, 5) is 42.9. The highest BCUT2D eigenvalue weighted by molar-refractivity contribution is 8.08. The lowest BCUT2D eigenvalue weighted by atomic mass is 10.2. The van der Waals surface area contributed by atoms with E-state index in [1.807, 2.05) is 6.26 Å². The summed E-state index contributed by atoms with van der Waals surface area (Å²) in [6.07, 6.45) is 2.23. The molecule has 1 fully saturated rings. The van der Waals surface area contributed by atoms with Gasteiger partial charge in [0.2, 0.25) is 0 Å². The molecule has 1 atom stereocenters. The first-order chi connectivity index (χ1) is 7.30. The van der Waals surface area contributed by atoms with Crippen molar-refractivity contribution in [3.05, 3.63) is 0 Å². The Morgan fingerprint density at radius 1 is 1.50 bits per heavy atom. The molecule has 1 aliphatic rings. The number of carbonyl (C=O) groups excluding carboxylic acids is 2. The van der Waals surface area contributed by atoms with Crippen molar-refractivity contribution in [2.24, 2.45) is 0 Å². The standard InChI is InChI=1S/C7H13N2O4PS2/c1-8-6(10)5(3-4-16-2)9(7(8)11)14(12,13)15/h5H,3-4H2,1-2H3,(H2,12,13,15). The van der Waals surface area contributed by atoms with E-state index in [-0.39, 0.29) is 0 Å². The molecule has 0 bridgehead atoms. The van der Waals surface area contributed by atoms with Gasteiger partial charge in [-0.15, -0.1) is 0 Å². The van der Waals surface area contributed by atoms with E-state index in [9.17, 15) is 19.4 Å². The molecule has 1 unspecified atom stereocenters. The summed E-state index contributed by atoms with van der Waals surface area (Å²) >= 11 is 6.01. The molecule has 0 aromatic rings. The molecule has 0 aromatic carbocycles. The molecule has 0 aliphatic carbocycles. The van der Waals surface area contributed by atoms with E-state index >= 15 is 0 Å². The summed E-state index contributed by atoms with van der Waals surface area (Å²) in [5.74, 6) is 0.208. The highest BCUT2D eigenvalue weighted by atomic mass is 32.5. The van der Waals surface area contributed by atoms with Crippen molar-refractivity contribution in [2.75, 3.05) is 19.1 Å². The lowest BCUT2D eigenvalue weighted by Gasteiger charge is -2.24. The number of hydrogen-bond donors (Lipinski definition) is 2. The lowest BCUT2D eigenvalue weighted by molar-refractivity contribution is -0.127. The van der Waals surface area contributed by atoms with Crippen molar-refractivity contribution in [3.8, 4) is 0 Å². The molecule has 1 heterocycles. The molecule has 0 saturated carbocycles. The molecule has 16 heavy (non-hydrogen) atoms. The molecule has 2 N–H and O–H groups in total. The van der Waals surface area contributed by atoms with Crippen LogP contribution in [0, 0.1) is 0 Å². The summed E-state index contributed by atoms with van der Waals surface area (Å²) in [5, 5.41) is 0. The van der Waals surface area contributed by atoms with Gasteiger partial charge in [-0.3, -0.25) is 9.69 Å². The van der Waals surface area contributed by atoms with Gasteiger partial charge in [-0.25, -0.2) is 9.46 Å². The van der Waals surface area contributed by atoms with Gasteiger partial charge in [-0.2, -0.15) is 11.8 Å². The first-order valence-corrected chi connectivity index (χ1v) is 8.52. The number of likely N-dealkylation sites (N-methyl/N-ethyl adjacent to an activating group) is 1. The Balaban J connectivity index is 2.97. The molecule has 92 valence electrons. The minimum absolute atomic E-state index is 0.371. The average Bonchev–Trinajstić information content (AvgIpc) is 2.39. The summed E-state index contributed by atoms with van der Waals surface area (Å²) in [6, 6.07) is -1.57. The van der Waals surface area contributed by atoms with E-state index in [0.29, 0.717) is 12.2 Å². The average molecular weight is 284 g/mol. The third-order valence-corrected chi connectivity index (χ3v) is 4.45. The van der Waals surface area contributed by atoms with Crippen LogP contribution in [-0.2, 0) is 16.6 Å². The second-order valence-corrected chi connectivity index (χ2v) is 7.25. The number of rotatable bonds is 4. The number of amides is 3. The summed E-state index contributed by atoms with van der Waals surface area (Å²) in [5.41, 5.74) is 0. The molecule has 1 rings (SSSR count). The van der Waals surface area contributed by atoms with Crippen LogP contribution in [0.25, 0.3) is 0 Å². The molecule has 1 saturated heterocycles. The van der Waals surface area contributed by atoms with Crippen LogP contribution >= 0.6 is 18.4 Å². The zero-order chi connectivity index (χ0) is 12.5. The summed E-state index contributed by atoms with van der Waals surface area (Å²) in [6.45, 7) is -3.90. The quantitative estimate of drug-likeness (QED) is 0.567. The van der Waals surface area contributed by atoms with Crippen LogP contribution in [0.2, 0.25) is 0 Å². The van der Waals surface area contributed by atoms with Gasteiger partial charge in [-0.1, -0.05) is 0 Å². The van der Waals surface area contributed by atoms with Crippen molar-refractivity contribution in [1.29, 1.82) is 0 Å². The number of urea groups is 1. The Kier molecular flexibility index (Phi) is 4.36. The Labute approximate surface area is 103 Å². The van der Waals surface area contributed by atoms with Crippen molar-refractivity contribution < 1.29 is 19.4 Å². The fraction of sp³-hybridized carbons (Fsp3) is 0.714. The van der Waals surface area contributed by atoms with Gasteiger partial charge in [0, 0.05) is 7.05 Å². The third kappa shape index (κ3) is 2.57. The smallest absolute Gasteiger partial charge is 0.329 e. The molecule has 0 aromatic heterocycles. The Morgan fingerprint density at radius 2 is 2.06 bits per heavy atom. The second kappa shape index (κ2) is 5.01. The molecule has 0 spiro atoms. The maximum atomic E-state index is 11.7. The molecular formula is C7H13N2O4PS2. The third-order valence-electron chi connectivity index (χ3n) is 2.27. The summed E-state index contributed by atoms with van der Waals surface area (Å²) in [7, 11) is 1.31. The topological polar surface area (TPSA) is 81.1 Å². The molecule has 3 amide bonds. The molecule has 9 heteroatoms. The number of nitrogens with zero attached hydrogens (tertiary/aromatic N) is 2. The van der Waals surface area contributed by atoms with Gasteiger partial charge < -0.3 is 9.79 Å². The van der Waals surface area contributed by atoms with Gasteiger partial charge in [0.25, 0.3) is 12.5 Å². The minimum atomic E-state index is -3.90. The number of hydrogen-bond acceptors (Lipinski definition) is 4.